The van der Waals surface area contributed by atoms with Gasteiger partial charge in [0.1, 0.15) is 18.8 Å². The van der Waals surface area contributed by atoms with Crippen LogP contribution >= 0.6 is 22.6 Å². The van der Waals surface area contributed by atoms with Crippen molar-refractivity contribution in [3.8, 4) is 11.5 Å². The van der Waals surface area contributed by atoms with Gasteiger partial charge in [-0.3, -0.25) is 0 Å². The van der Waals surface area contributed by atoms with Crippen LogP contribution in [0.4, 0.5) is 0 Å². The van der Waals surface area contributed by atoms with E-state index in [0.29, 0.717) is 24.7 Å². The van der Waals surface area contributed by atoms with Crippen molar-refractivity contribution in [1.82, 2.24) is 0 Å². The molecule has 0 atom stereocenters. The largest absolute Gasteiger partial charge is 0.486 e. The molecule has 0 fully saturated rings. The molecule has 1 N–H and O–H groups in total. The first kappa shape index (κ1) is 9.57. The molecule has 74 valence electrons. The fourth-order valence-corrected chi connectivity index (χ4v) is 1.87. The number of carboxylic acids is 1. The van der Waals surface area contributed by atoms with Gasteiger partial charge in [0.25, 0.3) is 0 Å². The quantitative estimate of drug-likeness (QED) is 0.803. The Kier molecular flexibility index (Phi) is 2.49. The second-order valence-electron chi connectivity index (χ2n) is 2.78. The van der Waals surface area contributed by atoms with Gasteiger partial charge in [0.2, 0.25) is 0 Å². The number of fused-ring (bicyclic) bond motifs is 1. The summed E-state index contributed by atoms with van der Waals surface area (Å²) in [5.74, 6) is -0.144. The first-order valence-electron chi connectivity index (χ1n) is 4.01. The summed E-state index contributed by atoms with van der Waals surface area (Å²) in [6.45, 7) is 0.861. The van der Waals surface area contributed by atoms with E-state index in [1.54, 1.807) is 12.1 Å². The standard InChI is InChI=1S/C9H7IO4/c10-5-3-6(9(11)12)8-7(4-5)13-1-2-14-8/h3-4H,1-2H2,(H,11,12). The molecule has 0 radical (unpaired) electrons. The molecular weight excluding hydrogens is 299 g/mol. The maximum Gasteiger partial charge on any atom is 0.339 e. The van der Waals surface area contributed by atoms with E-state index in [1.807, 2.05) is 22.6 Å². The van der Waals surface area contributed by atoms with Crippen LogP contribution in [0.3, 0.4) is 0 Å². The maximum absolute atomic E-state index is 10.9. The highest BCUT2D eigenvalue weighted by atomic mass is 127. The van der Waals surface area contributed by atoms with Gasteiger partial charge in [-0.05, 0) is 34.7 Å². The molecule has 14 heavy (non-hydrogen) atoms. The molecule has 1 aliphatic heterocycles. The summed E-state index contributed by atoms with van der Waals surface area (Å²) < 4.78 is 11.4. The van der Waals surface area contributed by atoms with Crippen LogP contribution in [0, 0.1) is 3.57 Å². The fourth-order valence-electron chi connectivity index (χ4n) is 1.28. The van der Waals surface area contributed by atoms with Crippen LogP contribution in [0.2, 0.25) is 0 Å². The Morgan fingerprint density at radius 2 is 2.07 bits per heavy atom. The lowest BCUT2D eigenvalue weighted by molar-refractivity contribution is 0.0686. The highest BCUT2D eigenvalue weighted by Crippen LogP contribution is 2.35. The van der Waals surface area contributed by atoms with Crippen molar-refractivity contribution in [3.05, 3.63) is 21.3 Å². The van der Waals surface area contributed by atoms with E-state index in [0.717, 1.165) is 3.57 Å². The average molecular weight is 306 g/mol. The zero-order valence-electron chi connectivity index (χ0n) is 7.12. The monoisotopic (exact) mass is 306 g/mol. The summed E-state index contributed by atoms with van der Waals surface area (Å²) in [7, 11) is 0. The average Bonchev–Trinajstić information content (AvgIpc) is 2.16. The lowest BCUT2D eigenvalue weighted by atomic mass is 10.2. The van der Waals surface area contributed by atoms with Crippen LogP contribution in [0.5, 0.6) is 11.5 Å². The van der Waals surface area contributed by atoms with Gasteiger partial charge in [0, 0.05) is 3.57 Å². The topological polar surface area (TPSA) is 55.8 Å². The van der Waals surface area contributed by atoms with Crippen molar-refractivity contribution < 1.29 is 19.4 Å². The Morgan fingerprint density at radius 3 is 2.79 bits per heavy atom. The number of carboxylic acid groups (broad SMARTS) is 1. The molecule has 4 nitrogen and oxygen atoms in total. The minimum atomic E-state index is -0.995. The van der Waals surface area contributed by atoms with Crippen molar-refractivity contribution in [1.29, 1.82) is 0 Å². The van der Waals surface area contributed by atoms with E-state index in [9.17, 15) is 4.79 Å². The summed E-state index contributed by atoms with van der Waals surface area (Å²) in [6.07, 6.45) is 0. The Morgan fingerprint density at radius 1 is 1.36 bits per heavy atom. The number of halogens is 1. The number of carbonyl (C=O) groups is 1. The van der Waals surface area contributed by atoms with E-state index in [2.05, 4.69) is 0 Å². The van der Waals surface area contributed by atoms with E-state index in [4.69, 9.17) is 14.6 Å². The van der Waals surface area contributed by atoms with Gasteiger partial charge in [-0.15, -0.1) is 0 Å². The van der Waals surface area contributed by atoms with Crippen molar-refractivity contribution in [2.45, 2.75) is 0 Å². The van der Waals surface area contributed by atoms with Gasteiger partial charge in [0.05, 0.1) is 0 Å². The first-order valence-corrected chi connectivity index (χ1v) is 5.09. The third-order valence-electron chi connectivity index (χ3n) is 1.84. The third kappa shape index (κ3) is 1.63. The summed E-state index contributed by atoms with van der Waals surface area (Å²) in [4.78, 5) is 10.9. The molecular formula is C9H7IO4. The number of aromatic carboxylic acids is 1. The fraction of sp³-hybridized carbons (Fsp3) is 0.222. The van der Waals surface area contributed by atoms with Gasteiger partial charge in [-0.2, -0.15) is 0 Å². The number of hydrogen-bond acceptors (Lipinski definition) is 3. The van der Waals surface area contributed by atoms with Crippen molar-refractivity contribution in [2.24, 2.45) is 0 Å². The molecule has 0 saturated carbocycles. The predicted octanol–water partition coefficient (Wildman–Crippen LogP) is 1.76. The Hall–Kier alpha value is -0.980. The van der Waals surface area contributed by atoms with Crippen LogP contribution in [0.25, 0.3) is 0 Å². The molecule has 1 aromatic carbocycles. The number of rotatable bonds is 1. The SMILES string of the molecule is O=C(O)c1cc(I)cc2c1OCCO2. The highest BCUT2D eigenvalue weighted by Gasteiger charge is 2.20. The van der Waals surface area contributed by atoms with Crippen LogP contribution in [0.15, 0.2) is 12.1 Å². The molecule has 0 aromatic heterocycles. The molecule has 0 amide bonds. The number of benzene rings is 1. The van der Waals surface area contributed by atoms with E-state index < -0.39 is 5.97 Å². The first-order chi connectivity index (χ1) is 6.68. The van der Waals surface area contributed by atoms with Gasteiger partial charge < -0.3 is 14.6 Å². The Bertz CT molecular complexity index is 389. The van der Waals surface area contributed by atoms with Crippen molar-refractivity contribution >= 4 is 28.6 Å². The van der Waals surface area contributed by atoms with E-state index in [-0.39, 0.29) is 5.56 Å². The molecule has 1 heterocycles. The number of ether oxygens (including phenoxy) is 2. The van der Waals surface area contributed by atoms with Crippen LogP contribution in [-0.4, -0.2) is 24.3 Å². The zero-order chi connectivity index (χ0) is 10.1. The Balaban J connectivity index is 2.58. The maximum atomic E-state index is 10.9. The number of hydrogen-bond donors (Lipinski definition) is 1. The smallest absolute Gasteiger partial charge is 0.339 e. The second-order valence-corrected chi connectivity index (χ2v) is 4.03. The molecule has 0 saturated heterocycles. The molecule has 2 rings (SSSR count). The van der Waals surface area contributed by atoms with E-state index in [1.165, 1.54) is 0 Å². The van der Waals surface area contributed by atoms with Crippen molar-refractivity contribution in [2.75, 3.05) is 13.2 Å². The molecule has 0 aliphatic carbocycles. The summed E-state index contributed by atoms with van der Waals surface area (Å²) >= 11 is 2.05. The summed E-state index contributed by atoms with van der Waals surface area (Å²) in [5, 5.41) is 8.93. The van der Waals surface area contributed by atoms with Gasteiger partial charge in [-0.1, -0.05) is 0 Å². The van der Waals surface area contributed by atoms with Crippen LogP contribution in [-0.2, 0) is 0 Å². The molecule has 0 unspecified atom stereocenters. The molecule has 0 bridgehead atoms. The van der Waals surface area contributed by atoms with Gasteiger partial charge >= 0.3 is 5.97 Å². The van der Waals surface area contributed by atoms with Gasteiger partial charge in [0.15, 0.2) is 11.5 Å². The lowest BCUT2D eigenvalue weighted by Gasteiger charge is -2.20. The molecule has 5 heteroatoms. The third-order valence-corrected chi connectivity index (χ3v) is 2.46. The van der Waals surface area contributed by atoms with Crippen LogP contribution in [0.1, 0.15) is 10.4 Å². The van der Waals surface area contributed by atoms with Crippen LogP contribution < -0.4 is 9.47 Å². The summed E-state index contributed by atoms with van der Waals surface area (Å²) in [5.41, 5.74) is 0.159. The minimum Gasteiger partial charge on any atom is -0.486 e. The second kappa shape index (κ2) is 3.64. The zero-order valence-corrected chi connectivity index (χ0v) is 9.28. The lowest BCUT2D eigenvalue weighted by Crippen LogP contribution is -2.18. The van der Waals surface area contributed by atoms with E-state index >= 15 is 0 Å². The summed E-state index contributed by atoms with van der Waals surface area (Å²) in [6, 6.07) is 3.33. The van der Waals surface area contributed by atoms with Crippen molar-refractivity contribution in [3.63, 3.8) is 0 Å². The molecule has 1 aromatic rings. The minimum absolute atomic E-state index is 0.159. The van der Waals surface area contributed by atoms with Gasteiger partial charge in [-0.25, -0.2) is 4.79 Å². The highest BCUT2D eigenvalue weighted by molar-refractivity contribution is 14.1. The molecule has 0 spiro atoms. The predicted molar refractivity (Wildman–Crippen MR) is 57.1 cm³/mol. The normalized spacial score (nSPS) is 13.8. The Labute approximate surface area is 94.0 Å². The molecule has 1 aliphatic rings.